The van der Waals surface area contributed by atoms with Crippen LogP contribution in [0.4, 0.5) is 0 Å². The van der Waals surface area contributed by atoms with E-state index in [-0.39, 0.29) is 0 Å². The van der Waals surface area contributed by atoms with Gasteiger partial charge in [-0.1, -0.05) is 164 Å². The van der Waals surface area contributed by atoms with E-state index in [1.807, 2.05) is 85.1 Å². The third kappa shape index (κ3) is 6.70. The molecule has 0 aliphatic carbocycles. The van der Waals surface area contributed by atoms with Crippen molar-refractivity contribution < 1.29 is 0 Å². The van der Waals surface area contributed by atoms with E-state index >= 15 is 0 Å². The molecule has 0 unspecified atom stereocenters. The van der Waals surface area contributed by atoms with Crippen molar-refractivity contribution in [3.05, 3.63) is 200 Å². The van der Waals surface area contributed by atoms with Crippen molar-refractivity contribution in [2.24, 2.45) is 0 Å². The first-order valence-electron chi connectivity index (χ1n) is 17.9. The highest BCUT2D eigenvalue weighted by atomic mass is 14.9. The molecule has 0 bridgehead atoms. The first-order chi connectivity index (χ1) is 26.8. The van der Waals surface area contributed by atoms with Gasteiger partial charge in [0.05, 0.1) is 34.2 Å². The summed E-state index contributed by atoms with van der Waals surface area (Å²) in [7, 11) is 0. The molecule has 5 nitrogen and oxygen atoms in total. The highest BCUT2D eigenvalue weighted by Crippen LogP contribution is 2.38. The number of pyridine rings is 1. The van der Waals surface area contributed by atoms with Gasteiger partial charge in [-0.25, -0.2) is 19.9 Å². The summed E-state index contributed by atoms with van der Waals surface area (Å²) in [6.07, 6.45) is 3.67. The largest absolute Gasteiger partial charge is 0.264 e. The van der Waals surface area contributed by atoms with Crippen molar-refractivity contribution in [2.75, 3.05) is 0 Å². The van der Waals surface area contributed by atoms with Gasteiger partial charge < -0.3 is 0 Å². The molecule has 0 spiro atoms. The van der Waals surface area contributed by atoms with Gasteiger partial charge in [0, 0.05) is 56.9 Å². The maximum Gasteiger partial charge on any atom is 0.160 e. The van der Waals surface area contributed by atoms with E-state index in [2.05, 4.69) is 114 Å². The molecular weight excluding hydrogens is 659 g/mol. The van der Waals surface area contributed by atoms with Crippen molar-refractivity contribution in [1.82, 2.24) is 24.9 Å². The molecule has 0 aliphatic rings. The van der Waals surface area contributed by atoms with Crippen LogP contribution in [0.15, 0.2) is 200 Å². The average Bonchev–Trinajstić information content (AvgIpc) is 3.27. The van der Waals surface area contributed by atoms with Crippen LogP contribution < -0.4 is 0 Å². The minimum atomic E-state index is 0.624. The second-order valence-corrected chi connectivity index (χ2v) is 12.9. The molecular formula is C49H33N5. The molecule has 0 atom stereocenters. The quantitative estimate of drug-likeness (QED) is 0.159. The number of rotatable bonds is 8. The molecule has 254 valence electrons. The molecule has 3 aromatic heterocycles. The van der Waals surface area contributed by atoms with Gasteiger partial charge in [0.15, 0.2) is 5.82 Å². The number of nitrogens with zero attached hydrogens (tertiary/aromatic N) is 5. The molecule has 0 saturated carbocycles. The number of hydrogen-bond acceptors (Lipinski definition) is 5. The summed E-state index contributed by atoms with van der Waals surface area (Å²) in [6.45, 7) is 0. The Balaban J connectivity index is 1.23. The Morgan fingerprint density at radius 1 is 0.259 bits per heavy atom. The minimum Gasteiger partial charge on any atom is -0.264 e. The summed E-state index contributed by atoms with van der Waals surface area (Å²) in [5, 5.41) is 0. The first kappa shape index (κ1) is 32.5. The Labute approximate surface area is 314 Å². The predicted molar refractivity (Wildman–Crippen MR) is 219 cm³/mol. The highest BCUT2D eigenvalue weighted by Gasteiger charge is 2.20. The van der Waals surface area contributed by atoms with Gasteiger partial charge in [-0.2, -0.15) is 0 Å². The van der Waals surface area contributed by atoms with Gasteiger partial charge in [0.25, 0.3) is 0 Å². The fourth-order valence-corrected chi connectivity index (χ4v) is 6.71. The van der Waals surface area contributed by atoms with Gasteiger partial charge in [-0.05, 0) is 29.8 Å². The molecule has 0 saturated heterocycles. The van der Waals surface area contributed by atoms with Crippen LogP contribution in [0.1, 0.15) is 0 Å². The number of benzene rings is 6. The molecule has 0 N–H and O–H groups in total. The molecule has 9 aromatic rings. The van der Waals surface area contributed by atoms with Crippen molar-refractivity contribution >= 4 is 0 Å². The van der Waals surface area contributed by atoms with Crippen molar-refractivity contribution in [3.8, 4) is 90.1 Å². The van der Waals surface area contributed by atoms with Crippen LogP contribution in [0.2, 0.25) is 0 Å². The van der Waals surface area contributed by atoms with Crippen LogP contribution in [0.3, 0.4) is 0 Å². The molecule has 0 amide bonds. The lowest BCUT2D eigenvalue weighted by molar-refractivity contribution is 1.18. The summed E-state index contributed by atoms with van der Waals surface area (Å²) < 4.78 is 0. The first-order valence-corrected chi connectivity index (χ1v) is 17.9. The van der Waals surface area contributed by atoms with E-state index in [0.717, 1.165) is 84.2 Å². The molecule has 5 heteroatoms. The maximum absolute atomic E-state index is 5.46. The number of hydrogen-bond donors (Lipinski definition) is 0. The zero-order chi connectivity index (χ0) is 36.1. The smallest absolute Gasteiger partial charge is 0.160 e. The lowest BCUT2D eigenvalue weighted by atomic mass is 9.98. The van der Waals surface area contributed by atoms with Crippen molar-refractivity contribution in [3.63, 3.8) is 0 Å². The van der Waals surface area contributed by atoms with E-state index in [9.17, 15) is 0 Å². The monoisotopic (exact) mass is 691 g/mol. The zero-order valence-electron chi connectivity index (χ0n) is 29.3. The summed E-state index contributed by atoms with van der Waals surface area (Å²) >= 11 is 0. The molecule has 54 heavy (non-hydrogen) atoms. The normalized spacial score (nSPS) is 11.0. The maximum atomic E-state index is 5.46. The molecule has 3 heterocycles. The Morgan fingerprint density at radius 2 is 0.667 bits per heavy atom. The Hall–Kier alpha value is -7.37. The fourth-order valence-electron chi connectivity index (χ4n) is 6.71. The summed E-state index contributed by atoms with van der Waals surface area (Å²) in [5.41, 5.74) is 13.8. The van der Waals surface area contributed by atoms with E-state index < -0.39 is 0 Å². The van der Waals surface area contributed by atoms with Crippen LogP contribution in [0.25, 0.3) is 90.1 Å². The van der Waals surface area contributed by atoms with Crippen molar-refractivity contribution in [1.29, 1.82) is 0 Å². The fraction of sp³-hybridized carbons (Fsp3) is 0. The van der Waals surface area contributed by atoms with Gasteiger partial charge in [-0.15, -0.1) is 0 Å². The molecule has 6 aromatic carbocycles. The Bertz CT molecular complexity index is 2680. The number of aromatic nitrogens is 5. The van der Waals surface area contributed by atoms with Crippen LogP contribution in [-0.2, 0) is 0 Å². The zero-order valence-corrected chi connectivity index (χ0v) is 29.3. The predicted octanol–water partition coefficient (Wildman–Crippen LogP) is 12.0. The molecule has 9 rings (SSSR count). The van der Waals surface area contributed by atoms with Gasteiger partial charge in [0.1, 0.15) is 0 Å². The van der Waals surface area contributed by atoms with Gasteiger partial charge in [0.2, 0.25) is 0 Å². The lowest BCUT2D eigenvalue weighted by Crippen LogP contribution is -2.01. The Kier molecular flexibility index (Phi) is 8.86. The summed E-state index contributed by atoms with van der Waals surface area (Å²) in [5.74, 6) is 0.624. The van der Waals surface area contributed by atoms with E-state index in [1.54, 1.807) is 6.20 Å². The molecule has 0 fully saturated rings. The SMILES string of the molecule is c1ccc(-c2cc(-c3cccc(-c4cccnc4)c3)nc(-c3cccc(-c4nc(-c5ccccc5)c(-c5ccccc5)nc4-c4ccccc4)c3)n2)cc1. The highest BCUT2D eigenvalue weighted by molar-refractivity contribution is 5.87. The molecule has 0 radical (unpaired) electrons. The van der Waals surface area contributed by atoms with Gasteiger partial charge >= 0.3 is 0 Å². The van der Waals surface area contributed by atoms with Gasteiger partial charge in [-0.3, -0.25) is 4.98 Å². The van der Waals surface area contributed by atoms with Crippen LogP contribution in [0, 0.1) is 0 Å². The standard InChI is InChI=1S/C49H33N5/c1-5-16-34(17-6-1)43-32-44(39-25-13-24-38(30-39)42-28-15-29-50-33-42)52-49(51-43)41-27-14-26-40(31-41)48-47(37-22-11-4-12-23-37)53-45(35-18-7-2-8-19-35)46(54-48)36-20-9-3-10-21-36/h1-33H. The third-order valence-corrected chi connectivity index (χ3v) is 9.38. The lowest BCUT2D eigenvalue weighted by Gasteiger charge is -2.16. The summed E-state index contributed by atoms with van der Waals surface area (Å²) in [4.78, 5) is 25.6. The van der Waals surface area contributed by atoms with Crippen LogP contribution >= 0.6 is 0 Å². The third-order valence-electron chi connectivity index (χ3n) is 9.38. The van der Waals surface area contributed by atoms with Crippen molar-refractivity contribution in [2.45, 2.75) is 0 Å². The van der Waals surface area contributed by atoms with E-state index in [4.69, 9.17) is 19.9 Å². The second kappa shape index (κ2) is 14.7. The topological polar surface area (TPSA) is 64.5 Å². The van der Waals surface area contributed by atoms with Crippen LogP contribution in [-0.4, -0.2) is 24.9 Å². The Morgan fingerprint density at radius 3 is 1.20 bits per heavy atom. The average molecular weight is 692 g/mol. The second-order valence-electron chi connectivity index (χ2n) is 12.9. The van der Waals surface area contributed by atoms with E-state index in [0.29, 0.717) is 5.82 Å². The minimum absolute atomic E-state index is 0.624. The van der Waals surface area contributed by atoms with E-state index in [1.165, 1.54) is 0 Å². The summed E-state index contributed by atoms with van der Waals surface area (Å²) in [6, 6.07) is 64.0. The van der Waals surface area contributed by atoms with Crippen LogP contribution in [0.5, 0.6) is 0 Å². The molecule has 0 aliphatic heterocycles.